The summed E-state index contributed by atoms with van der Waals surface area (Å²) in [6, 6.07) is 35.1. The molecule has 0 amide bonds. The van der Waals surface area contributed by atoms with E-state index < -0.39 is 0 Å². The van der Waals surface area contributed by atoms with E-state index in [0.29, 0.717) is 11.1 Å². The van der Waals surface area contributed by atoms with E-state index in [2.05, 4.69) is 156 Å². The van der Waals surface area contributed by atoms with Crippen LogP contribution >= 0.6 is 0 Å². The number of hydrogen-bond acceptors (Lipinski definition) is 1. The molecular formula is C49H52B2O. The highest BCUT2D eigenvalue weighted by molar-refractivity contribution is 6.97. The SMILES string of the molecule is Cc1cc(C)c(B(c2ccc(C(=O)c3ccc(B(c4c(C)cc(C)cc4C)c4c(C)cc(C)cc4C)cc3)cc2)c2c(C)cc(C)cc2C)c(C)c1. The van der Waals surface area contributed by atoms with Crippen molar-refractivity contribution < 1.29 is 4.79 Å². The first kappa shape index (κ1) is 36.9. The fourth-order valence-electron chi connectivity index (χ4n) is 9.36. The normalized spacial score (nSPS) is 11.2. The van der Waals surface area contributed by atoms with E-state index in [1.807, 2.05) is 24.3 Å². The zero-order chi connectivity index (χ0) is 37.6. The molecule has 0 fully saturated rings. The molecule has 0 saturated heterocycles. The van der Waals surface area contributed by atoms with Gasteiger partial charge in [0.05, 0.1) is 0 Å². The van der Waals surface area contributed by atoms with Gasteiger partial charge in [-0.2, -0.15) is 0 Å². The molecule has 6 aromatic carbocycles. The van der Waals surface area contributed by atoms with Crippen LogP contribution in [0.3, 0.4) is 0 Å². The van der Waals surface area contributed by atoms with Gasteiger partial charge in [-0.25, -0.2) is 0 Å². The molecule has 0 saturated carbocycles. The Morgan fingerprint density at radius 3 is 0.712 bits per heavy atom. The van der Waals surface area contributed by atoms with Crippen LogP contribution in [0, 0.1) is 83.1 Å². The first-order chi connectivity index (χ1) is 24.6. The van der Waals surface area contributed by atoms with Gasteiger partial charge >= 0.3 is 0 Å². The average molecular weight is 679 g/mol. The molecule has 0 aliphatic heterocycles. The maximum absolute atomic E-state index is 14.1. The van der Waals surface area contributed by atoms with E-state index in [1.165, 1.54) is 99.5 Å². The smallest absolute Gasteiger partial charge is 0.242 e. The highest BCUT2D eigenvalue weighted by atomic mass is 16.1. The molecule has 0 aliphatic carbocycles. The van der Waals surface area contributed by atoms with Gasteiger partial charge in [0.15, 0.2) is 5.78 Å². The fraction of sp³-hybridized carbons (Fsp3) is 0.245. The summed E-state index contributed by atoms with van der Waals surface area (Å²) >= 11 is 0. The van der Waals surface area contributed by atoms with Gasteiger partial charge in [0.1, 0.15) is 0 Å². The maximum Gasteiger partial charge on any atom is 0.242 e. The highest BCUT2D eigenvalue weighted by Gasteiger charge is 2.30. The van der Waals surface area contributed by atoms with Crippen LogP contribution < -0.4 is 32.8 Å². The molecule has 0 atom stereocenters. The lowest BCUT2D eigenvalue weighted by molar-refractivity contribution is 0.103. The lowest BCUT2D eigenvalue weighted by Crippen LogP contribution is -2.55. The number of ketones is 1. The monoisotopic (exact) mass is 678 g/mol. The number of carbonyl (C=O) groups excluding carboxylic acids is 1. The first-order valence-corrected chi connectivity index (χ1v) is 18.7. The van der Waals surface area contributed by atoms with Crippen molar-refractivity contribution in [3.63, 3.8) is 0 Å². The molecule has 260 valence electrons. The highest BCUT2D eigenvalue weighted by Crippen LogP contribution is 2.17. The van der Waals surface area contributed by atoms with Gasteiger partial charge < -0.3 is 0 Å². The molecule has 52 heavy (non-hydrogen) atoms. The molecule has 6 aromatic rings. The summed E-state index contributed by atoms with van der Waals surface area (Å²) in [6.45, 7) is 26.7. The number of rotatable bonds is 8. The van der Waals surface area contributed by atoms with Gasteiger partial charge in [-0.1, -0.05) is 197 Å². The molecule has 0 radical (unpaired) electrons. The summed E-state index contributed by atoms with van der Waals surface area (Å²) in [7, 11) is 0. The Morgan fingerprint density at radius 2 is 0.519 bits per heavy atom. The van der Waals surface area contributed by atoms with Crippen molar-refractivity contribution in [3.8, 4) is 0 Å². The van der Waals surface area contributed by atoms with Gasteiger partial charge in [-0.15, -0.1) is 0 Å². The Labute approximate surface area is 313 Å². The van der Waals surface area contributed by atoms with E-state index in [9.17, 15) is 4.79 Å². The van der Waals surface area contributed by atoms with Gasteiger partial charge in [-0.3, -0.25) is 4.79 Å². The molecular weight excluding hydrogens is 626 g/mol. The van der Waals surface area contributed by atoms with Gasteiger partial charge in [-0.05, 0) is 83.1 Å². The van der Waals surface area contributed by atoms with Crippen LogP contribution in [0.4, 0.5) is 0 Å². The number of benzene rings is 6. The van der Waals surface area contributed by atoms with Crippen LogP contribution in [-0.4, -0.2) is 19.2 Å². The lowest BCUT2D eigenvalue weighted by Gasteiger charge is -2.25. The van der Waals surface area contributed by atoms with E-state index >= 15 is 0 Å². The van der Waals surface area contributed by atoms with Gasteiger partial charge in [0, 0.05) is 11.1 Å². The Balaban J connectivity index is 1.39. The molecule has 0 aliphatic rings. The van der Waals surface area contributed by atoms with Crippen LogP contribution in [0.15, 0.2) is 97.1 Å². The largest absolute Gasteiger partial charge is 0.289 e. The third-order valence-electron chi connectivity index (χ3n) is 11.1. The maximum atomic E-state index is 14.1. The van der Waals surface area contributed by atoms with Crippen molar-refractivity contribution in [3.05, 3.63) is 175 Å². The van der Waals surface area contributed by atoms with E-state index in [1.54, 1.807) is 0 Å². The van der Waals surface area contributed by atoms with Crippen LogP contribution in [0.5, 0.6) is 0 Å². The second-order valence-corrected chi connectivity index (χ2v) is 15.7. The van der Waals surface area contributed by atoms with Crippen LogP contribution in [0.1, 0.15) is 82.7 Å². The summed E-state index contributed by atoms with van der Waals surface area (Å²) in [5.41, 5.74) is 24.7. The predicted octanol–water partition coefficient (Wildman–Crippen LogP) is 7.65. The van der Waals surface area contributed by atoms with Gasteiger partial charge in [0.25, 0.3) is 0 Å². The molecule has 0 bridgehead atoms. The third kappa shape index (κ3) is 7.11. The Bertz CT molecular complexity index is 1950. The minimum Gasteiger partial charge on any atom is -0.289 e. The van der Waals surface area contributed by atoms with E-state index in [-0.39, 0.29) is 19.2 Å². The first-order valence-electron chi connectivity index (χ1n) is 18.7. The Kier molecular flexibility index (Phi) is 10.4. The topological polar surface area (TPSA) is 17.1 Å². The van der Waals surface area contributed by atoms with Gasteiger partial charge in [0.2, 0.25) is 13.4 Å². The molecule has 0 N–H and O–H groups in total. The lowest BCUT2D eigenvalue weighted by atomic mass is 9.34. The van der Waals surface area contributed by atoms with E-state index in [0.717, 1.165) is 0 Å². The average Bonchev–Trinajstić information content (AvgIpc) is 3.05. The molecule has 6 rings (SSSR count). The van der Waals surface area contributed by atoms with E-state index in [4.69, 9.17) is 0 Å². The molecule has 0 unspecified atom stereocenters. The van der Waals surface area contributed by atoms with Crippen LogP contribution in [0.2, 0.25) is 0 Å². The predicted molar refractivity (Wildman–Crippen MR) is 228 cm³/mol. The summed E-state index contributed by atoms with van der Waals surface area (Å²) in [5.74, 6) is 0.0435. The van der Waals surface area contributed by atoms with Crippen molar-refractivity contribution in [1.82, 2.24) is 0 Å². The van der Waals surface area contributed by atoms with Crippen LogP contribution in [-0.2, 0) is 0 Å². The van der Waals surface area contributed by atoms with Crippen molar-refractivity contribution in [2.24, 2.45) is 0 Å². The second kappa shape index (κ2) is 14.6. The van der Waals surface area contributed by atoms with Crippen LogP contribution in [0.25, 0.3) is 0 Å². The van der Waals surface area contributed by atoms with Crippen molar-refractivity contribution in [1.29, 1.82) is 0 Å². The minimum atomic E-state index is 0.0435. The fourth-order valence-corrected chi connectivity index (χ4v) is 9.36. The van der Waals surface area contributed by atoms with Crippen molar-refractivity contribution >= 4 is 52.0 Å². The minimum absolute atomic E-state index is 0.0435. The number of carbonyl (C=O) groups is 1. The zero-order valence-corrected chi connectivity index (χ0v) is 33.3. The number of hydrogen-bond donors (Lipinski definition) is 0. The second-order valence-electron chi connectivity index (χ2n) is 15.7. The molecule has 0 aromatic heterocycles. The molecule has 1 nitrogen and oxygen atoms in total. The number of aryl methyl sites for hydroxylation is 12. The molecule has 0 spiro atoms. The third-order valence-corrected chi connectivity index (χ3v) is 11.1. The van der Waals surface area contributed by atoms with Crippen molar-refractivity contribution in [2.75, 3.05) is 0 Å². The Hall–Kier alpha value is -4.88. The summed E-state index contributed by atoms with van der Waals surface area (Å²) in [4.78, 5) is 14.1. The standard InChI is InChI=1S/C49H52B2O/c1-29-21-33(5)45(34(6)22-29)50(46-35(7)23-30(2)24-36(46)8)43-17-13-41(14-18-43)49(52)42-15-19-44(20-16-42)51(47-37(9)25-31(3)26-38(47)10)48-39(11)27-32(4)28-40(48)12/h13-28H,1-12H3. The molecule has 3 heteroatoms. The summed E-state index contributed by atoms with van der Waals surface area (Å²) < 4.78 is 0. The Morgan fingerprint density at radius 1 is 0.327 bits per heavy atom. The summed E-state index contributed by atoms with van der Waals surface area (Å²) in [5, 5.41) is 0. The van der Waals surface area contributed by atoms with Crippen molar-refractivity contribution in [2.45, 2.75) is 83.1 Å². The summed E-state index contributed by atoms with van der Waals surface area (Å²) in [6.07, 6.45) is 0. The zero-order valence-electron chi connectivity index (χ0n) is 33.3. The quantitative estimate of drug-likeness (QED) is 0.120. The molecule has 0 heterocycles.